The van der Waals surface area contributed by atoms with E-state index in [1.807, 2.05) is 0 Å². The summed E-state index contributed by atoms with van der Waals surface area (Å²) in [5.41, 5.74) is 1.53. The topological polar surface area (TPSA) is 57.6 Å². The number of benzene rings is 1. The van der Waals surface area contributed by atoms with Gasteiger partial charge in [-0.3, -0.25) is 0 Å². The largest absolute Gasteiger partial charge is 0.392 e. The Hall–Kier alpha value is -0.910. The lowest BCUT2D eigenvalue weighted by Crippen LogP contribution is -2.29. The van der Waals surface area contributed by atoms with Gasteiger partial charge in [0.1, 0.15) is 0 Å². The number of aliphatic hydroxyl groups excluding tert-OH is 1. The third-order valence-corrected chi connectivity index (χ3v) is 4.88. The Labute approximate surface area is 116 Å². The van der Waals surface area contributed by atoms with Gasteiger partial charge in [0.25, 0.3) is 0 Å². The predicted molar refractivity (Wildman–Crippen MR) is 77.1 cm³/mol. The Kier molecular flexibility index (Phi) is 5.97. The molecule has 1 rings (SSSR count). The molecule has 0 unspecified atom stereocenters. The molecular weight excluding hydrogens is 262 g/mol. The average molecular weight is 285 g/mol. The van der Waals surface area contributed by atoms with Gasteiger partial charge in [0.05, 0.1) is 12.4 Å². The van der Waals surface area contributed by atoms with Gasteiger partial charge in [-0.15, -0.1) is 0 Å². The molecule has 0 fully saturated rings. The van der Waals surface area contributed by atoms with Crippen LogP contribution in [0.1, 0.15) is 31.4 Å². The zero-order valence-electron chi connectivity index (χ0n) is 11.8. The quantitative estimate of drug-likeness (QED) is 0.833. The van der Waals surface area contributed by atoms with E-state index in [2.05, 4.69) is 13.8 Å². The second-order valence-corrected chi connectivity index (χ2v) is 7.31. The van der Waals surface area contributed by atoms with E-state index in [0.717, 1.165) is 17.5 Å². The van der Waals surface area contributed by atoms with Crippen LogP contribution in [-0.2, 0) is 22.4 Å². The van der Waals surface area contributed by atoms with Gasteiger partial charge in [0, 0.05) is 13.6 Å². The number of hydrogen-bond donors (Lipinski definition) is 1. The third kappa shape index (κ3) is 5.30. The van der Waals surface area contributed by atoms with Gasteiger partial charge in [0.15, 0.2) is 0 Å². The Balaban J connectivity index is 2.67. The highest BCUT2D eigenvalue weighted by molar-refractivity contribution is 7.88. The van der Waals surface area contributed by atoms with Gasteiger partial charge in [-0.2, -0.15) is 0 Å². The summed E-state index contributed by atoms with van der Waals surface area (Å²) in [6.07, 6.45) is 0.860. The monoisotopic (exact) mass is 285 g/mol. The molecule has 0 atom stereocenters. The number of nitrogens with zero attached hydrogens (tertiary/aromatic N) is 1. The number of rotatable bonds is 7. The maximum absolute atomic E-state index is 12.1. The van der Waals surface area contributed by atoms with Crippen molar-refractivity contribution in [3.05, 3.63) is 35.4 Å². The fourth-order valence-electron chi connectivity index (χ4n) is 1.64. The molecule has 0 bridgehead atoms. The predicted octanol–water partition coefficient (Wildman–Crippen LogP) is 1.99. The fourth-order valence-corrected chi connectivity index (χ4v) is 2.86. The normalized spacial score (nSPS) is 12.3. The van der Waals surface area contributed by atoms with Crippen LogP contribution in [0.2, 0.25) is 0 Å². The van der Waals surface area contributed by atoms with Crippen molar-refractivity contribution in [1.82, 2.24) is 4.31 Å². The van der Waals surface area contributed by atoms with Crippen LogP contribution in [-0.4, -0.2) is 31.4 Å². The molecule has 4 nitrogen and oxygen atoms in total. The summed E-state index contributed by atoms with van der Waals surface area (Å²) in [6.45, 7) is 4.68. The Morgan fingerprint density at radius 3 is 2.16 bits per heavy atom. The van der Waals surface area contributed by atoms with Crippen LogP contribution in [0.3, 0.4) is 0 Å². The maximum Gasteiger partial charge on any atom is 0.218 e. The first kappa shape index (κ1) is 16.1. The molecule has 0 aromatic heterocycles. The molecule has 0 saturated heterocycles. The van der Waals surface area contributed by atoms with E-state index < -0.39 is 10.0 Å². The smallest absolute Gasteiger partial charge is 0.218 e. The molecule has 0 heterocycles. The second-order valence-electron chi connectivity index (χ2n) is 5.23. The summed E-state index contributed by atoms with van der Waals surface area (Å²) in [5.74, 6) is 0.495. The SMILES string of the molecule is CC(C)CCN(C)S(=O)(=O)Cc1ccc(CO)cc1. The van der Waals surface area contributed by atoms with Crippen molar-refractivity contribution in [3.8, 4) is 0 Å². The highest BCUT2D eigenvalue weighted by Crippen LogP contribution is 2.12. The fraction of sp³-hybridized carbons (Fsp3) is 0.571. The van der Waals surface area contributed by atoms with E-state index >= 15 is 0 Å². The average Bonchev–Trinajstić information content (AvgIpc) is 2.36. The molecule has 5 heteroatoms. The highest BCUT2D eigenvalue weighted by Gasteiger charge is 2.18. The van der Waals surface area contributed by atoms with Gasteiger partial charge in [-0.1, -0.05) is 38.1 Å². The first-order valence-corrected chi connectivity index (χ1v) is 8.08. The van der Waals surface area contributed by atoms with E-state index in [1.54, 1.807) is 31.3 Å². The van der Waals surface area contributed by atoms with Crippen LogP contribution in [0.15, 0.2) is 24.3 Å². The molecule has 0 radical (unpaired) electrons. The zero-order valence-corrected chi connectivity index (χ0v) is 12.7. The minimum absolute atomic E-state index is 0.00725. The number of aliphatic hydroxyl groups is 1. The van der Waals surface area contributed by atoms with Crippen LogP contribution in [0, 0.1) is 5.92 Å². The lowest BCUT2D eigenvalue weighted by molar-refractivity contribution is 0.282. The summed E-state index contributed by atoms with van der Waals surface area (Å²) in [6, 6.07) is 7.00. The first-order valence-electron chi connectivity index (χ1n) is 6.48. The summed E-state index contributed by atoms with van der Waals surface area (Å²) in [5, 5.41) is 8.94. The molecule has 0 saturated carbocycles. The molecule has 1 aromatic rings. The molecule has 19 heavy (non-hydrogen) atoms. The van der Waals surface area contributed by atoms with E-state index in [9.17, 15) is 8.42 Å². The van der Waals surface area contributed by atoms with Crippen molar-refractivity contribution >= 4 is 10.0 Å². The van der Waals surface area contributed by atoms with Crippen molar-refractivity contribution in [1.29, 1.82) is 0 Å². The molecule has 0 amide bonds. The molecule has 1 aromatic carbocycles. The van der Waals surface area contributed by atoms with Gasteiger partial charge in [0.2, 0.25) is 10.0 Å². The minimum Gasteiger partial charge on any atom is -0.392 e. The molecule has 1 N–H and O–H groups in total. The van der Waals surface area contributed by atoms with Crippen molar-refractivity contribution in [2.75, 3.05) is 13.6 Å². The van der Waals surface area contributed by atoms with Crippen LogP contribution < -0.4 is 0 Å². The molecule has 0 spiro atoms. The van der Waals surface area contributed by atoms with Crippen molar-refractivity contribution in [2.24, 2.45) is 5.92 Å². The summed E-state index contributed by atoms with van der Waals surface area (Å²) >= 11 is 0. The van der Waals surface area contributed by atoms with Gasteiger partial charge < -0.3 is 5.11 Å². The van der Waals surface area contributed by atoms with Crippen LogP contribution in [0.5, 0.6) is 0 Å². The number of hydrogen-bond acceptors (Lipinski definition) is 3. The third-order valence-electron chi connectivity index (χ3n) is 3.05. The van der Waals surface area contributed by atoms with E-state index in [-0.39, 0.29) is 12.4 Å². The maximum atomic E-state index is 12.1. The molecule has 0 aliphatic carbocycles. The Bertz CT molecular complexity index is 480. The molecule has 0 aliphatic heterocycles. The van der Waals surface area contributed by atoms with Crippen LogP contribution in [0.4, 0.5) is 0 Å². The summed E-state index contributed by atoms with van der Waals surface area (Å²) in [4.78, 5) is 0. The second kappa shape index (κ2) is 7.03. The van der Waals surface area contributed by atoms with Crippen LogP contribution in [0.25, 0.3) is 0 Å². The zero-order chi connectivity index (χ0) is 14.5. The van der Waals surface area contributed by atoms with Gasteiger partial charge >= 0.3 is 0 Å². The number of sulfonamides is 1. The molecule has 108 valence electrons. The van der Waals surface area contributed by atoms with Crippen molar-refractivity contribution < 1.29 is 13.5 Å². The summed E-state index contributed by atoms with van der Waals surface area (Å²) < 4.78 is 25.7. The van der Waals surface area contributed by atoms with Crippen molar-refractivity contribution in [2.45, 2.75) is 32.6 Å². The van der Waals surface area contributed by atoms with Gasteiger partial charge in [-0.05, 0) is 23.5 Å². The minimum atomic E-state index is -3.26. The lowest BCUT2D eigenvalue weighted by atomic mass is 10.1. The van der Waals surface area contributed by atoms with E-state index in [0.29, 0.717) is 12.5 Å². The summed E-state index contributed by atoms with van der Waals surface area (Å²) in [7, 11) is -1.63. The first-order chi connectivity index (χ1) is 8.85. The standard InChI is InChI=1S/C14H23NO3S/c1-12(2)8-9-15(3)19(17,18)11-14-6-4-13(10-16)5-7-14/h4-7,12,16H,8-11H2,1-3H3. The highest BCUT2D eigenvalue weighted by atomic mass is 32.2. The Morgan fingerprint density at radius 2 is 1.68 bits per heavy atom. The van der Waals surface area contributed by atoms with Gasteiger partial charge in [-0.25, -0.2) is 12.7 Å². The molecule has 0 aliphatic rings. The lowest BCUT2D eigenvalue weighted by Gasteiger charge is -2.18. The Morgan fingerprint density at radius 1 is 1.16 bits per heavy atom. The van der Waals surface area contributed by atoms with Crippen LogP contribution >= 0.6 is 0 Å². The van der Waals surface area contributed by atoms with Crippen molar-refractivity contribution in [3.63, 3.8) is 0 Å². The molecular formula is C14H23NO3S. The van der Waals surface area contributed by atoms with E-state index in [4.69, 9.17) is 5.11 Å². The van der Waals surface area contributed by atoms with E-state index in [1.165, 1.54) is 4.31 Å².